The quantitative estimate of drug-likeness (QED) is 0.488. The van der Waals surface area contributed by atoms with Gasteiger partial charge < -0.3 is 4.74 Å². The van der Waals surface area contributed by atoms with Gasteiger partial charge in [0.05, 0.1) is 19.1 Å². The molecule has 1 rings (SSSR count). The fourth-order valence-corrected chi connectivity index (χ4v) is 1.69. The second-order valence-corrected chi connectivity index (χ2v) is 3.77. The molecule has 9 heteroatoms. The number of halogens is 6. The maximum absolute atomic E-state index is 12.8. The Morgan fingerprint density at radius 2 is 2.05 bits per heavy atom. The maximum atomic E-state index is 12.8. The zero-order valence-corrected chi connectivity index (χ0v) is 10.1. The fraction of sp³-hybridized carbons (Fsp3) is 0.400. The fourth-order valence-electron chi connectivity index (χ4n) is 1.42. The Morgan fingerprint density at radius 1 is 1.47 bits per heavy atom. The van der Waals surface area contributed by atoms with Crippen LogP contribution in [0.3, 0.4) is 0 Å². The minimum Gasteiger partial charge on any atom is -0.469 e. The van der Waals surface area contributed by atoms with Gasteiger partial charge in [-0.3, -0.25) is 4.79 Å². The molecule has 0 N–H and O–H groups in total. The monoisotopic (exact) mass is 303 g/mol. The summed E-state index contributed by atoms with van der Waals surface area (Å²) in [7, 11) is 0.931. The van der Waals surface area contributed by atoms with Crippen LogP contribution in [-0.4, -0.2) is 18.1 Å². The van der Waals surface area contributed by atoms with Gasteiger partial charge in [0.15, 0.2) is 0 Å². The lowest BCUT2D eigenvalue weighted by Gasteiger charge is -2.16. The first-order chi connectivity index (χ1) is 8.68. The lowest BCUT2D eigenvalue weighted by atomic mass is 10.0. The molecule has 0 aliphatic heterocycles. The standard InChI is InChI=1S/C10H7ClF5NO2/c1-19-6(18)2-4-5(9(12)13)3-17-8(11)7(4)10(14,15)16/h3,9H,2H2,1H3. The van der Waals surface area contributed by atoms with Gasteiger partial charge in [-0.25, -0.2) is 13.8 Å². The van der Waals surface area contributed by atoms with E-state index >= 15 is 0 Å². The van der Waals surface area contributed by atoms with Crippen LogP contribution in [0.15, 0.2) is 6.20 Å². The number of rotatable bonds is 3. The van der Waals surface area contributed by atoms with Crippen molar-refractivity contribution in [3.63, 3.8) is 0 Å². The summed E-state index contributed by atoms with van der Waals surface area (Å²) in [5.74, 6) is -1.09. The van der Waals surface area contributed by atoms with Crippen molar-refractivity contribution in [3.05, 3.63) is 28.0 Å². The third-order valence-corrected chi connectivity index (χ3v) is 2.53. The number of hydrogen-bond acceptors (Lipinski definition) is 3. The molecule has 0 aromatic carbocycles. The molecule has 1 aromatic rings. The summed E-state index contributed by atoms with van der Waals surface area (Å²) in [6.07, 6.45) is -8.67. The van der Waals surface area contributed by atoms with Crippen molar-refractivity contribution in [1.29, 1.82) is 0 Å². The number of nitrogens with zero attached hydrogens (tertiary/aromatic N) is 1. The molecule has 1 heterocycles. The van der Waals surface area contributed by atoms with Crippen LogP contribution in [0.1, 0.15) is 23.1 Å². The summed E-state index contributed by atoms with van der Waals surface area (Å²) >= 11 is 5.29. The van der Waals surface area contributed by atoms with E-state index in [9.17, 15) is 26.7 Å². The van der Waals surface area contributed by atoms with Crippen molar-refractivity contribution in [2.75, 3.05) is 7.11 Å². The maximum Gasteiger partial charge on any atom is 0.419 e. The van der Waals surface area contributed by atoms with Gasteiger partial charge in [-0.1, -0.05) is 11.6 Å². The van der Waals surface area contributed by atoms with Gasteiger partial charge >= 0.3 is 12.1 Å². The minimum atomic E-state index is -5.00. The van der Waals surface area contributed by atoms with Crippen LogP contribution in [0.5, 0.6) is 0 Å². The number of aromatic nitrogens is 1. The van der Waals surface area contributed by atoms with E-state index in [2.05, 4.69) is 9.72 Å². The molecule has 0 unspecified atom stereocenters. The molecule has 0 aliphatic rings. The van der Waals surface area contributed by atoms with Gasteiger partial charge in [0.25, 0.3) is 6.43 Å². The summed E-state index contributed by atoms with van der Waals surface area (Å²) in [6, 6.07) is 0. The first kappa shape index (κ1) is 15.6. The van der Waals surface area contributed by atoms with Crippen LogP contribution >= 0.6 is 11.6 Å². The molecule has 0 spiro atoms. The molecule has 0 saturated carbocycles. The van der Waals surface area contributed by atoms with Gasteiger partial charge in [-0.05, 0) is 5.56 Å². The molecule has 0 bridgehead atoms. The average molecular weight is 304 g/mol. The average Bonchev–Trinajstić information content (AvgIpc) is 2.26. The van der Waals surface area contributed by atoms with E-state index in [4.69, 9.17) is 11.6 Å². The Labute approximate surface area is 109 Å². The molecule has 0 atom stereocenters. The highest BCUT2D eigenvalue weighted by molar-refractivity contribution is 6.30. The number of methoxy groups -OCH3 is 1. The zero-order valence-electron chi connectivity index (χ0n) is 9.39. The SMILES string of the molecule is COC(=O)Cc1c(C(F)F)cnc(Cl)c1C(F)(F)F. The lowest BCUT2D eigenvalue weighted by molar-refractivity contribution is -0.141. The first-order valence-corrected chi connectivity index (χ1v) is 5.15. The van der Waals surface area contributed by atoms with E-state index in [1.54, 1.807) is 0 Å². The number of esters is 1. The molecule has 0 radical (unpaired) electrons. The summed E-state index contributed by atoms with van der Waals surface area (Å²) in [4.78, 5) is 14.1. The Morgan fingerprint density at radius 3 is 2.47 bits per heavy atom. The predicted molar refractivity (Wildman–Crippen MR) is 54.9 cm³/mol. The molecule has 19 heavy (non-hydrogen) atoms. The third kappa shape index (κ3) is 3.52. The summed E-state index contributed by atoms with van der Waals surface area (Å²) in [5.41, 5.74) is -3.46. The normalized spacial score (nSPS) is 11.8. The first-order valence-electron chi connectivity index (χ1n) is 4.78. The number of ether oxygens (including phenoxy) is 1. The van der Waals surface area contributed by atoms with Crippen LogP contribution in [0.25, 0.3) is 0 Å². The molecule has 0 fully saturated rings. The Kier molecular flexibility index (Phi) is 4.67. The van der Waals surface area contributed by atoms with Crippen molar-refractivity contribution in [1.82, 2.24) is 4.98 Å². The highest BCUT2D eigenvalue weighted by atomic mass is 35.5. The number of carbonyl (C=O) groups excluding carboxylic acids is 1. The van der Waals surface area contributed by atoms with E-state index in [-0.39, 0.29) is 0 Å². The summed E-state index contributed by atoms with van der Waals surface area (Å²) < 4.78 is 67.9. The van der Waals surface area contributed by atoms with Crippen LogP contribution in [0, 0.1) is 0 Å². The van der Waals surface area contributed by atoms with Crippen molar-refractivity contribution in [3.8, 4) is 0 Å². The molecule has 1 aromatic heterocycles. The van der Waals surface area contributed by atoms with Gasteiger partial charge in [-0.2, -0.15) is 13.2 Å². The Balaban J connectivity index is 3.50. The predicted octanol–water partition coefficient (Wildman–Crippen LogP) is 3.41. The van der Waals surface area contributed by atoms with Crippen molar-refractivity contribution < 1.29 is 31.5 Å². The van der Waals surface area contributed by atoms with Gasteiger partial charge in [0.1, 0.15) is 5.15 Å². The van der Waals surface area contributed by atoms with E-state index in [0.29, 0.717) is 6.20 Å². The second-order valence-electron chi connectivity index (χ2n) is 3.41. The summed E-state index contributed by atoms with van der Waals surface area (Å²) in [5, 5.41) is -0.990. The van der Waals surface area contributed by atoms with E-state index in [0.717, 1.165) is 7.11 Å². The highest BCUT2D eigenvalue weighted by Gasteiger charge is 2.39. The van der Waals surface area contributed by atoms with Crippen molar-refractivity contribution >= 4 is 17.6 Å². The molecule has 3 nitrogen and oxygen atoms in total. The number of carbonyl (C=O) groups is 1. The van der Waals surface area contributed by atoms with Gasteiger partial charge in [-0.15, -0.1) is 0 Å². The molecular formula is C10H7ClF5NO2. The molecular weight excluding hydrogens is 297 g/mol. The minimum absolute atomic E-state index is 0.514. The van der Waals surface area contributed by atoms with E-state index in [1.807, 2.05) is 0 Å². The van der Waals surface area contributed by atoms with Crippen LogP contribution in [0.4, 0.5) is 22.0 Å². The smallest absolute Gasteiger partial charge is 0.419 e. The van der Waals surface area contributed by atoms with Crippen LogP contribution in [0.2, 0.25) is 5.15 Å². The van der Waals surface area contributed by atoms with Gasteiger partial charge in [0, 0.05) is 11.8 Å². The van der Waals surface area contributed by atoms with Crippen molar-refractivity contribution in [2.24, 2.45) is 0 Å². The topological polar surface area (TPSA) is 39.2 Å². The van der Waals surface area contributed by atoms with E-state index in [1.165, 1.54) is 0 Å². The molecule has 0 amide bonds. The third-order valence-electron chi connectivity index (χ3n) is 2.24. The van der Waals surface area contributed by atoms with Crippen LogP contribution < -0.4 is 0 Å². The largest absolute Gasteiger partial charge is 0.469 e. The Hall–Kier alpha value is -1.44. The van der Waals surface area contributed by atoms with Crippen LogP contribution in [-0.2, 0) is 22.1 Å². The van der Waals surface area contributed by atoms with Gasteiger partial charge in [0.2, 0.25) is 0 Å². The molecule has 0 aliphatic carbocycles. The number of alkyl halides is 5. The van der Waals surface area contributed by atoms with E-state index < -0.39 is 46.8 Å². The number of hydrogen-bond donors (Lipinski definition) is 0. The van der Waals surface area contributed by atoms with Crippen molar-refractivity contribution in [2.45, 2.75) is 19.0 Å². The molecule has 0 saturated heterocycles. The highest BCUT2D eigenvalue weighted by Crippen LogP contribution is 2.39. The number of pyridine rings is 1. The summed E-state index contributed by atoms with van der Waals surface area (Å²) in [6.45, 7) is 0. The molecule has 106 valence electrons. The lowest BCUT2D eigenvalue weighted by Crippen LogP contribution is -2.17. The zero-order chi connectivity index (χ0) is 14.8. The second kappa shape index (κ2) is 5.68. The Bertz CT molecular complexity index is 490.